The Morgan fingerprint density at radius 2 is 1.93 bits per heavy atom. The van der Waals surface area contributed by atoms with Crippen molar-refractivity contribution in [2.24, 2.45) is 0 Å². The van der Waals surface area contributed by atoms with Gasteiger partial charge >= 0.3 is 0 Å². The average Bonchev–Trinajstić information content (AvgIpc) is 2.24. The summed E-state index contributed by atoms with van der Waals surface area (Å²) in [6, 6.07) is 7.53. The molecule has 0 aliphatic heterocycles. The summed E-state index contributed by atoms with van der Waals surface area (Å²) >= 11 is 0. The average molecular weight is 202 g/mol. The third kappa shape index (κ3) is 2.31. The van der Waals surface area contributed by atoms with E-state index in [1.165, 1.54) is 0 Å². The standard InChI is InChI=1S/C13H14O2/c1-15-12-5-3-11(4-6-12)7-10-13(14)8-2-9-13/h3-6,14H,2,8-9H2,1H3. The minimum absolute atomic E-state index is 0.722. The topological polar surface area (TPSA) is 29.5 Å². The molecule has 1 aliphatic rings. The Kier molecular flexibility index (Phi) is 2.66. The first-order chi connectivity index (χ1) is 7.22. The molecule has 2 nitrogen and oxygen atoms in total. The summed E-state index contributed by atoms with van der Waals surface area (Å²) in [7, 11) is 1.64. The summed E-state index contributed by atoms with van der Waals surface area (Å²) in [6.07, 6.45) is 2.68. The highest BCUT2D eigenvalue weighted by Gasteiger charge is 2.31. The fourth-order valence-electron chi connectivity index (χ4n) is 1.50. The summed E-state index contributed by atoms with van der Waals surface area (Å²) in [5.41, 5.74) is 0.191. The molecule has 0 unspecified atom stereocenters. The molecule has 2 rings (SSSR count). The Hall–Kier alpha value is -1.46. The zero-order valence-electron chi connectivity index (χ0n) is 8.79. The molecule has 0 amide bonds. The Bertz CT molecular complexity index is 391. The number of aliphatic hydroxyl groups is 1. The number of rotatable bonds is 1. The van der Waals surface area contributed by atoms with Crippen LogP contribution in [-0.2, 0) is 0 Å². The molecule has 1 saturated carbocycles. The van der Waals surface area contributed by atoms with Crippen LogP contribution in [0.25, 0.3) is 0 Å². The van der Waals surface area contributed by atoms with Gasteiger partial charge < -0.3 is 9.84 Å². The maximum absolute atomic E-state index is 9.77. The lowest BCUT2D eigenvalue weighted by Crippen LogP contribution is -2.34. The van der Waals surface area contributed by atoms with Crippen LogP contribution in [0.1, 0.15) is 24.8 Å². The molecule has 0 radical (unpaired) electrons. The Morgan fingerprint density at radius 1 is 1.27 bits per heavy atom. The molecule has 0 atom stereocenters. The third-order valence-electron chi connectivity index (χ3n) is 2.71. The maximum Gasteiger partial charge on any atom is 0.125 e. The van der Waals surface area contributed by atoms with Crippen molar-refractivity contribution >= 4 is 0 Å². The van der Waals surface area contributed by atoms with Crippen molar-refractivity contribution in [3.05, 3.63) is 29.8 Å². The lowest BCUT2D eigenvalue weighted by molar-refractivity contribution is 0.0240. The summed E-state index contributed by atoms with van der Waals surface area (Å²) in [5, 5.41) is 9.77. The first-order valence-corrected chi connectivity index (χ1v) is 5.11. The van der Waals surface area contributed by atoms with E-state index >= 15 is 0 Å². The second kappa shape index (κ2) is 3.96. The molecular weight excluding hydrogens is 188 g/mol. The summed E-state index contributed by atoms with van der Waals surface area (Å²) in [4.78, 5) is 0. The van der Waals surface area contributed by atoms with Gasteiger partial charge in [0.05, 0.1) is 7.11 Å². The van der Waals surface area contributed by atoms with Crippen LogP contribution in [0.15, 0.2) is 24.3 Å². The molecular formula is C13H14O2. The molecule has 0 saturated heterocycles. The molecule has 1 aromatic carbocycles. The molecule has 0 aromatic heterocycles. The molecule has 15 heavy (non-hydrogen) atoms. The zero-order valence-corrected chi connectivity index (χ0v) is 8.79. The smallest absolute Gasteiger partial charge is 0.125 e. The second-order valence-corrected chi connectivity index (χ2v) is 3.86. The van der Waals surface area contributed by atoms with Crippen molar-refractivity contribution in [3.63, 3.8) is 0 Å². The van der Waals surface area contributed by atoms with Gasteiger partial charge in [-0.25, -0.2) is 0 Å². The first-order valence-electron chi connectivity index (χ1n) is 5.11. The van der Waals surface area contributed by atoms with Gasteiger partial charge in [0.15, 0.2) is 0 Å². The molecule has 1 aliphatic carbocycles. The predicted molar refractivity (Wildman–Crippen MR) is 58.7 cm³/mol. The Balaban J connectivity index is 2.10. The van der Waals surface area contributed by atoms with Gasteiger partial charge in [-0.3, -0.25) is 0 Å². The van der Waals surface area contributed by atoms with E-state index in [0.717, 1.165) is 30.6 Å². The van der Waals surface area contributed by atoms with Crippen LogP contribution in [0, 0.1) is 11.8 Å². The normalized spacial score (nSPS) is 17.2. The van der Waals surface area contributed by atoms with Crippen LogP contribution < -0.4 is 4.74 Å². The van der Waals surface area contributed by atoms with Gasteiger partial charge in [0.2, 0.25) is 0 Å². The van der Waals surface area contributed by atoms with Gasteiger partial charge in [-0.15, -0.1) is 0 Å². The van der Waals surface area contributed by atoms with Crippen molar-refractivity contribution in [1.82, 2.24) is 0 Å². The highest BCUT2D eigenvalue weighted by Crippen LogP contribution is 2.30. The largest absolute Gasteiger partial charge is 0.497 e. The minimum Gasteiger partial charge on any atom is -0.497 e. The van der Waals surface area contributed by atoms with E-state index in [1.54, 1.807) is 7.11 Å². The molecule has 1 aromatic rings. The fraction of sp³-hybridized carbons (Fsp3) is 0.385. The van der Waals surface area contributed by atoms with Crippen molar-refractivity contribution in [3.8, 4) is 17.6 Å². The van der Waals surface area contributed by atoms with Crippen LogP contribution in [0.5, 0.6) is 5.75 Å². The van der Waals surface area contributed by atoms with Gasteiger partial charge in [0, 0.05) is 5.56 Å². The van der Waals surface area contributed by atoms with Crippen molar-refractivity contribution in [1.29, 1.82) is 0 Å². The monoisotopic (exact) mass is 202 g/mol. The molecule has 1 fully saturated rings. The van der Waals surface area contributed by atoms with E-state index in [4.69, 9.17) is 4.74 Å². The van der Waals surface area contributed by atoms with E-state index in [1.807, 2.05) is 24.3 Å². The van der Waals surface area contributed by atoms with Gasteiger partial charge in [-0.2, -0.15) is 0 Å². The SMILES string of the molecule is COc1ccc(C#CC2(O)CCC2)cc1. The van der Waals surface area contributed by atoms with E-state index in [0.29, 0.717) is 0 Å². The number of hydrogen-bond acceptors (Lipinski definition) is 2. The van der Waals surface area contributed by atoms with Crippen molar-refractivity contribution < 1.29 is 9.84 Å². The van der Waals surface area contributed by atoms with Crippen LogP contribution >= 0.6 is 0 Å². The lowest BCUT2D eigenvalue weighted by atomic mass is 9.81. The molecule has 0 heterocycles. The van der Waals surface area contributed by atoms with E-state index < -0.39 is 5.60 Å². The Morgan fingerprint density at radius 3 is 2.40 bits per heavy atom. The Labute approximate surface area is 89.9 Å². The third-order valence-corrected chi connectivity index (χ3v) is 2.71. The van der Waals surface area contributed by atoms with Gasteiger partial charge in [0.25, 0.3) is 0 Å². The molecule has 0 spiro atoms. The van der Waals surface area contributed by atoms with Crippen molar-refractivity contribution in [2.45, 2.75) is 24.9 Å². The fourth-order valence-corrected chi connectivity index (χ4v) is 1.50. The zero-order chi connectivity index (χ0) is 10.7. The van der Waals surface area contributed by atoms with Gasteiger partial charge in [0.1, 0.15) is 11.4 Å². The predicted octanol–water partition coefficient (Wildman–Crippen LogP) is 1.96. The van der Waals surface area contributed by atoms with Crippen LogP contribution in [-0.4, -0.2) is 17.8 Å². The molecule has 2 heteroatoms. The minimum atomic E-state index is -0.722. The quantitative estimate of drug-likeness (QED) is 0.705. The van der Waals surface area contributed by atoms with Crippen molar-refractivity contribution in [2.75, 3.05) is 7.11 Å². The lowest BCUT2D eigenvalue weighted by Gasteiger charge is -2.30. The first kappa shape index (κ1) is 10.1. The molecule has 0 bridgehead atoms. The van der Waals surface area contributed by atoms with Gasteiger partial charge in [-0.05, 0) is 43.5 Å². The van der Waals surface area contributed by atoms with Crippen LogP contribution in [0.3, 0.4) is 0 Å². The number of benzene rings is 1. The molecule has 1 N–H and O–H groups in total. The van der Waals surface area contributed by atoms with Gasteiger partial charge in [-0.1, -0.05) is 11.8 Å². The van der Waals surface area contributed by atoms with E-state index in [-0.39, 0.29) is 0 Å². The van der Waals surface area contributed by atoms with Crippen LogP contribution in [0.2, 0.25) is 0 Å². The van der Waals surface area contributed by atoms with Crippen LogP contribution in [0.4, 0.5) is 0 Å². The van der Waals surface area contributed by atoms with E-state index in [2.05, 4.69) is 11.8 Å². The maximum atomic E-state index is 9.77. The van der Waals surface area contributed by atoms with E-state index in [9.17, 15) is 5.11 Å². The summed E-state index contributed by atoms with van der Waals surface area (Å²) in [5.74, 6) is 6.72. The molecule has 78 valence electrons. The summed E-state index contributed by atoms with van der Waals surface area (Å²) < 4.78 is 5.05. The second-order valence-electron chi connectivity index (χ2n) is 3.86. The highest BCUT2D eigenvalue weighted by atomic mass is 16.5. The number of hydrogen-bond donors (Lipinski definition) is 1. The number of methoxy groups -OCH3 is 1. The summed E-state index contributed by atoms with van der Waals surface area (Å²) in [6.45, 7) is 0. The number of ether oxygens (including phenoxy) is 1. The highest BCUT2D eigenvalue weighted by molar-refractivity contribution is 5.40.